The molecule has 1 heterocycles. The van der Waals surface area contributed by atoms with Crippen LogP contribution in [0, 0.1) is 24.1 Å². The lowest BCUT2D eigenvalue weighted by molar-refractivity contribution is 0.615. The van der Waals surface area contributed by atoms with Gasteiger partial charge in [-0.15, -0.1) is 24.0 Å². The summed E-state index contributed by atoms with van der Waals surface area (Å²) in [6, 6.07) is 16.8. The van der Waals surface area contributed by atoms with Crippen LogP contribution in [0.5, 0.6) is 0 Å². The van der Waals surface area contributed by atoms with Crippen LogP contribution in [0.15, 0.2) is 53.5 Å². The molecule has 0 unspecified atom stereocenters. The minimum Gasteiger partial charge on any atom is -0.382 e. The number of nitriles is 1. The van der Waals surface area contributed by atoms with E-state index in [-0.39, 0.29) is 29.8 Å². The fourth-order valence-electron chi connectivity index (χ4n) is 3.16. The molecule has 0 saturated heterocycles. The lowest BCUT2D eigenvalue weighted by Crippen LogP contribution is -2.37. The third kappa shape index (κ3) is 6.20. The molecule has 0 bridgehead atoms. The van der Waals surface area contributed by atoms with Gasteiger partial charge in [-0.05, 0) is 49.1 Å². The number of nitrogens with two attached hydrogens (primary N) is 1. The minimum atomic E-state index is -0.218. The first-order valence-electron chi connectivity index (χ1n) is 10.1. The quantitative estimate of drug-likeness (QED) is 0.181. The van der Waals surface area contributed by atoms with Gasteiger partial charge in [-0.25, -0.2) is 9.07 Å². The highest BCUT2D eigenvalue weighted by molar-refractivity contribution is 14.0. The smallest absolute Gasteiger partial charge is 0.191 e. The van der Waals surface area contributed by atoms with E-state index in [2.05, 4.69) is 26.8 Å². The number of hydrogen-bond acceptors (Lipinski definition) is 4. The molecule has 2 aromatic carbocycles. The third-order valence-electron chi connectivity index (χ3n) is 4.91. The Hall–Kier alpha value is -3.13. The number of aliphatic imine (C=N–C) groups is 1. The fraction of sp³-hybridized carbons (Fsp3) is 0.261. The van der Waals surface area contributed by atoms with Crippen LogP contribution >= 0.6 is 24.0 Å². The Balaban J connectivity index is 0.00000363. The van der Waals surface area contributed by atoms with Crippen molar-refractivity contribution < 1.29 is 4.39 Å². The molecule has 9 heteroatoms. The number of aryl methyl sites for hydroxylation is 2. The number of hydrogen-bond donors (Lipinski definition) is 3. The van der Waals surface area contributed by atoms with Gasteiger partial charge in [0.1, 0.15) is 23.3 Å². The number of nitrogens with one attached hydrogen (secondary N) is 2. The number of nitrogens with zero attached hydrogens (tertiary/aromatic N) is 4. The molecule has 0 saturated carbocycles. The van der Waals surface area contributed by atoms with Crippen LogP contribution in [0.2, 0.25) is 0 Å². The summed E-state index contributed by atoms with van der Waals surface area (Å²) in [5.41, 5.74) is 9.50. The molecule has 0 aliphatic rings. The molecule has 3 aromatic rings. The van der Waals surface area contributed by atoms with Crippen molar-refractivity contribution in [1.29, 1.82) is 5.26 Å². The topological polar surface area (TPSA) is 104 Å². The Kier molecular flexibility index (Phi) is 9.46. The van der Waals surface area contributed by atoms with Crippen molar-refractivity contribution in [3.63, 3.8) is 0 Å². The Morgan fingerprint density at radius 3 is 2.62 bits per heavy atom. The summed E-state index contributed by atoms with van der Waals surface area (Å²) >= 11 is 0. The van der Waals surface area contributed by atoms with Crippen LogP contribution in [0.25, 0.3) is 5.69 Å². The molecule has 0 atom stereocenters. The van der Waals surface area contributed by atoms with Gasteiger partial charge < -0.3 is 16.4 Å². The molecule has 0 amide bonds. The second-order valence-electron chi connectivity index (χ2n) is 7.11. The summed E-state index contributed by atoms with van der Waals surface area (Å²) in [4.78, 5) is 4.19. The number of nitrogen functional groups attached to an aromatic ring is 1. The first-order valence-corrected chi connectivity index (χ1v) is 10.1. The van der Waals surface area contributed by atoms with Gasteiger partial charge in [-0.3, -0.25) is 4.99 Å². The third-order valence-corrected chi connectivity index (χ3v) is 4.91. The van der Waals surface area contributed by atoms with Gasteiger partial charge in [0.15, 0.2) is 5.96 Å². The number of rotatable bonds is 7. The maximum absolute atomic E-state index is 13.7. The van der Waals surface area contributed by atoms with Gasteiger partial charge in [0.25, 0.3) is 0 Å². The van der Waals surface area contributed by atoms with E-state index in [0.717, 1.165) is 17.7 Å². The Labute approximate surface area is 204 Å². The predicted molar refractivity (Wildman–Crippen MR) is 136 cm³/mol. The fourth-order valence-corrected chi connectivity index (χ4v) is 3.16. The van der Waals surface area contributed by atoms with Crippen LogP contribution in [-0.4, -0.2) is 29.3 Å². The van der Waals surface area contributed by atoms with E-state index in [1.54, 1.807) is 24.7 Å². The average Bonchev–Trinajstić information content (AvgIpc) is 3.11. The van der Waals surface area contributed by atoms with E-state index in [4.69, 9.17) is 5.73 Å². The van der Waals surface area contributed by atoms with Crippen molar-refractivity contribution in [1.82, 2.24) is 20.4 Å². The summed E-state index contributed by atoms with van der Waals surface area (Å²) in [5, 5.41) is 20.4. The van der Waals surface area contributed by atoms with Crippen LogP contribution in [-0.2, 0) is 13.0 Å². The number of halogens is 2. The number of aromatic nitrogens is 2. The molecule has 3 rings (SSSR count). The molecular weight excluding hydrogens is 520 g/mol. The summed E-state index contributed by atoms with van der Waals surface area (Å²) in [6.07, 6.45) is 1.33. The number of anilines is 1. The zero-order chi connectivity index (χ0) is 22.2. The second kappa shape index (κ2) is 12.0. The first-order chi connectivity index (χ1) is 15.0. The van der Waals surface area contributed by atoms with E-state index < -0.39 is 0 Å². The lowest BCUT2D eigenvalue weighted by atomic mass is 10.1. The molecule has 32 heavy (non-hydrogen) atoms. The van der Waals surface area contributed by atoms with Crippen LogP contribution in [0.3, 0.4) is 0 Å². The maximum atomic E-state index is 13.7. The first kappa shape index (κ1) is 25.1. The molecule has 0 fully saturated rings. The van der Waals surface area contributed by atoms with Crippen molar-refractivity contribution >= 4 is 35.8 Å². The van der Waals surface area contributed by atoms with Crippen molar-refractivity contribution in [3.8, 4) is 11.8 Å². The Morgan fingerprint density at radius 2 is 1.97 bits per heavy atom. The SMILES string of the molecule is CN=C(NCCCc1nn(-c2ccccc2)c(N)c1C#N)NCc1ccc(C)c(F)c1.I. The summed E-state index contributed by atoms with van der Waals surface area (Å²) in [6.45, 7) is 2.83. The molecule has 0 aliphatic carbocycles. The molecule has 0 spiro atoms. The highest BCUT2D eigenvalue weighted by Crippen LogP contribution is 2.21. The molecule has 4 N–H and O–H groups in total. The van der Waals surface area contributed by atoms with Crippen molar-refractivity contribution in [2.75, 3.05) is 19.3 Å². The molecule has 0 aliphatic heterocycles. The zero-order valence-electron chi connectivity index (χ0n) is 18.1. The number of guanidine groups is 1. The van der Waals surface area contributed by atoms with E-state index in [1.165, 1.54) is 6.07 Å². The normalized spacial score (nSPS) is 10.9. The maximum Gasteiger partial charge on any atom is 0.191 e. The average molecular weight is 547 g/mol. The lowest BCUT2D eigenvalue weighted by Gasteiger charge is -2.12. The standard InChI is InChI=1S/C23H26FN7.HI/c1-16-10-11-17(13-20(16)24)15-29-23(27-2)28-12-6-9-21-19(14-25)22(26)31(30-21)18-7-4-3-5-8-18;/h3-5,7-8,10-11,13H,6,9,12,15,26H2,1-2H3,(H2,27,28,29);1H. The summed E-state index contributed by atoms with van der Waals surface area (Å²) in [5.74, 6) is 0.750. The van der Waals surface area contributed by atoms with Crippen molar-refractivity contribution in [3.05, 3.63) is 76.7 Å². The second-order valence-corrected chi connectivity index (χ2v) is 7.11. The molecule has 0 radical (unpaired) electrons. The van der Waals surface area contributed by atoms with Gasteiger partial charge in [-0.1, -0.05) is 30.3 Å². The monoisotopic (exact) mass is 547 g/mol. The predicted octanol–water partition coefficient (Wildman–Crippen LogP) is 3.69. The van der Waals surface area contributed by atoms with Crippen LogP contribution in [0.1, 0.15) is 28.8 Å². The molecule has 168 valence electrons. The van der Waals surface area contributed by atoms with Crippen LogP contribution in [0.4, 0.5) is 10.2 Å². The highest BCUT2D eigenvalue weighted by Gasteiger charge is 2.16. The van der Waals surface area contributed by atoms with E-state index in [0.29, 0.717) is 48.1 Å². The van der Waals surface area contributed by atoms with E-state index in [9.17, 15) is 9.65 Å². The molecule has 7 nitrogen and oxygen atoms in total. The Morgan fingerprint density at radius 1 is 1.22 bits per heavy atom. The number of para-hydroxylation sites is 1. The highest BCUT2D eigenvalue weighted by atomic mass is 127. The summed E-state index contributed by atoms with van der Waals surface area (Å²) in [7, 11) is 1.68. The van der Waals surface area contributed by atoms with Crippen molar-refractivity contribution in [2.24, 2.45) is 4.99 Å². The van der Waals surface area contributed by atoms with E-state index >= 15 is 0 Å². The van der Waals surface area contributed by atoms with Gasteiger partial charge in [-0.2, -0.15) is 10.4 Å². The van der Waals surface area contributed by atoms with Crippen molar-refractivity contribution in [2.45, 2.75) is 26.3 Å². The largest absolute Gasteiger partial charge is 0.382 e. The number of benzene rings is 2. The zero-order valence-corrected chi connectivity index (χ0v) is 20.4. The van der Waals surface area contributed by atoms with Gasteiger partial charge in [0, 0.05) is 20.1 Å². The van der Waals surface area contributed by atoms with Crippen LogP contribution < -0.4 is 16.4 Å². The van der Waals surface area contributed by atoms with Gasteiger partial charge in [0.05, 0.1) is 11.4 Å². The van der Waals surface area contributed by atoms with Gasteiger partial charge >= 0.3 is 0 Å². The molecular formula is C23H27FIN7. The van der Waals surface area contributed by atoms with E-state index in [1.807, 2.05) is 36.4 Å². The molecule has 1 aromatic heterocycles. The van der Waals surface area contributed by atoms with Gasteiger partial charge in [0.2, 0.25) is 0 Å². The minimum absolute atomic E-state index is 0. The Bertz CT molecular complexity index is 1100. The summed E-state index contributed by atoms with van der Waals surface area (Å²) < 4.78 is 15.3.